The molecule has 2 aromatic rings. The zero-order chi connectivity index (χ0) is 31.2. The Morgan fingerprint density at radius 3 is 1.83 bits per heavy atom. The Kier molecular flexibility index (Phi) is 13.8. The molecule has 0 fully saturated rings. The molecule has 0 aliphatic heterocycles. The number of hydrogen-bond donors (Lipinski definition) is 2. The molecule has 0 amide bonds. The number of carboxylic acid groups (broad SMARTS) is 1. The molecular weight excluding hydrogens is 546 g/mol. The first-order valence-corrected chi connectivity index (χ1v) is 13.9. The van der Waals surface area contributed by atoms with E-state index in [-0.39, 0.29) is 37.2 Å². The van der Waals surface area contributed by atoms with Crippen LogP contribution in [0.25, 0.3) is 0 Å². The summed E-state index contributed by atoms with van der Waals surface area (Å²) >= 11 is 0. The first kappa shape index (κ1) is 34.1. The van der Waals surface area contributed by atoms with Gasteiger partial charge in [0.05, 0.1) is 25.4 Å². The molecule has 3 N–H and O–H groups in total. The number of aliphatic carboxylic acids is 1. The summed E-state index contributed by atoms with van der Waals surface area (Å²) in [4.78, 5) is 49.2. The van der Waals surface area contributed by atoms with Crippen molar-refractivity contribution in [1.29, 1.82) is 0 Å². The fourth-order valence-corrected chi connectivity index (χ4v) is 3.90. The van der Waals surface area contributed by atoms with Crippen LogP contribution in [0.4, 0.5) is 9.59 Å². The predicted octanol–water partition coefficient (Wildman–Crippen LogP) is 5.80. The van der Waals surface area contributed by atoms with Crippen LogP contribution in [0, 0.1) is 17.8 Å². The maximum absolute atomic E-state index is 12.5. The lowest BCUT2D eigenvalue weighted by molar-refractivity contribution is -0.139. The topological polar surface area (TPSA) is 161 Å². The molecule has 230 valence electrons. The van der Waals surface area contributed by atoms with E-state index in [9.17, 15) is 24.3 Å². The van der Waals surface area contributed by atoms with Crippen LogP contribution in [0.15, 0.2) is 48.5 Å². The molecule has 3 atom stereocenters. The monoisotopic (exact) mass is 587 g/mol. The fraction of sp³-hybridized carbons (Fsp3) is 0.484. The molecule has 0 radical (unpaired) electrons. The molecule has 2 unspecified atom stereocenters. The summed E-state index contributed by atoms with van der Waals surface area (Å²) in [5.74, 6) is -3.07. The molecule has 0 aromatic heterocycles. The van der Waals surface area contributed by atoms with Crippen LogP contribution >= 0.6 is 0 Å². The second-order valence-electron chi connectivity index (χ2n) is 10.8. The van der Waals surface area contributed by atoms with Crippen molar-refractivity contribution in [2.75, 3.05) is 19.8 Å². The van der Waals surface area contributed by atoms with Crippen molar-refractivity contribution in [1.82, 2.24) is 0 Å². The third-order valence-electron chi connectivity index (χ3n) is 6.34. The minimum absolute atomic E-state index is 0.111. The number of esters is 1. The average Bonchev–Trinajstić information content (AvgIpc) is 2.93. The van der Waals surface area contributed by atoms with E-state index in [4.69, 9.17) is 29.4 Å². The van der Waals surface area contributed by atoms with Gasteiger partial charge in [0.25, 0.3) is 0 Å². The Labute approximate surface area is 246 Å². The van der Waals surface area contributed by atoms with Gasteiger partial charge in [-0.05, 0) is 60.4 Å². The quantitative estimate of drug-likeness (QED) is 0.147. The van der Waals surface area contributed by atoms with Crippen molar-refractivity contribution in [3.63, 3.8) is 0 Å². The summed E-state index contributed by atoms with van der Waals surface area (Å²) in [5, 5.41) is 9.75. The standard InChI is InChI=1S/C31H41NO10/c1-19(2)13-15-38-30(36)41-24-12-11-23(17-25(24)42-31(37)39-16-14-20(3)4)26(27(32)28(33)34)21(5)18-40-29(35)22-9-7-6-8-10-22/h6-12,17,19-21,26-27H,13-16,18,32H2,1-5H3,(H,33,34)/t21?,26?,27-/m0/s1. The van der Waals surface area contributed by atoms with Gasteiger partial charge in [-0.3, -0.25) is 4.79 Å². The van der Waals surface area contributed by atoms with E-state index in [0.717, 1.165) is 0 Å². The zero-order valence-electron chi connectivity index (χ0n) is 24.7. The summed E-state index contributed by atoms with van der Waals surface area (Å²) in [6.07, 6.45) is -0.799. The highest BCUT2D eigenvalue weighted by molar-refractivity contribution is 5.89. The van der Waals surface area contributed by atoms with Crippen molar-refractivity contribution in [3.05, 3.63) is 59.7 Å². The Bertz CT molecular complexity index is 1180. The van der Waals surface area contributed by atoms with Gasteiger partial charge in [0.2, 0.25) is 0 Å². The average molecular weight is 588 g/mol. The predicted molar refractivity (Wildman–Crippen MR) is 154 cm³/mol. The maximum Gasteiger partial charge on any atom is 0.513 e. The van der Waals surface area contributed by atoms with E-state index in [0.29, 0.717) is 29.9 Å². The number of rotatable bonds is 15. The van der Waals surface area contributed by atoms with Gasteiger partial charge in [0.15, 0.2) is 11.5 Å². The van der Waals surface area contributed by atoms with Crippen LogP contribution < -0.4 is 15.2 Å². The highest BCUT2D eigenvalue weighted by Crippen LogP contribution is 2.36. The number of carbonyl (C=O) groups is 4. The Hall–Kier alpha value is -4.12. The lowest BCUT2D eigenvalue weighted by Crippen LogP contribution is -2.40. The highest BCUT2D eigenvalue weighted by atomic mass is 16.7. The molecule has 0 bridgehead atoms. The van der Waals surface area contributed by atoms with Gasteiger partial charge in [-0.1, -0.05) is 58.9 Å². The summed E-state index contributed by atoms with van der Waals surface area (Å²) < 4.78 is 26.3. The van der Waals surface area contributed by atoms with Crippen LogP contribution in [-0.2, 0) is 19.0 Å². The van der Waals surface area contributed by atoms with Crippen molar-refractivity contribution < 1.29 is 48.0 Å². The van der Waals surface area contributed by atoms with Crippen molar-refractivity contribution in [2.24, 2.45) is 23.5 Å². The van der Waals surface area contributed by atoms with Gasteiger partial charge in [-0.2, -0.15) is 0 Å². The van der Waals surface area contributed by atoms with Crippen LogP contribution in [0.2, 0.25) is 0 Å². The summed E-state index contributed by atoms with van der Waals surface area (Å²) in [5.41, 5.74) is 6.77. The molecule has 0 aliphatic rings. The molecule has 42 heavy (non-hydrogen) atoms. The number of benzene rings is 2. The van der Waals surface area contributed by atoms with Gasteiger partial charge < -0.3 is 34.5 Å². The van der Waals surface area contributed by atoms with E-state index in [1.54, 1.807) is 37.3 Å². The Balaban J connectivity index is 2.32. The summed E-state index contributed by atoms with van der Waals surface area (Å²) in [7, 11) is 0. The Morgan fingerprint density at radius 2 is 1.31 bits per heavy atom. The molecular formula is C31H41NO10. The smallest absolute Gasteiger partial charge is 0.480 e. The second-order valence-corrected chi connectivity index (χ2v) is 10.8. The second kappa shape index (κ2) is 17.0. The van der Waals surface area contributed by atoms with Crippen LogP contribution in [-0.4, -0.2) is 55.2 Å². The third-order valence-corrected chi connectivity index (χ3v) is 6.34. The van der Waals surface area contributed by atoms with Crippen molar-refractivity contribution >= 4 is 24.2 Å². The molecule has 0 aliphatic carbocycles. The fourth-order valence-electron chi connectivity index (χ4n) is 3.90. The number of hydrogen-bond acceptors (Lipinski definition) is 10. The van der Waals surface area contributed by atoms with Crippen molar-refractivity contribution in [3.8, 4) is 11.5 Å². The molecule has 2 rings (SSSR count). The van der Waals surface area contributed by atoms with E-state index in [1.807, 2.05) is 27.7 Å². The van der Waals surface area contributed by atoms with Gasteiger partial charge in [-0.15, -0.1) is 0 Å². The first-order chi connectivity index (χ1) is 19.9. The minimum Gasteiger partial charge on any atom is -0.480 e. The summed E-state index contributed by atoms with van der Waals surface area (Å²) in [6.45, 7) is 9.68. The largest absolute Gasteiger partial charge is 0.513 e. The minimum atomic E-state index is -1.41. The molecule has 0 saturated heterocycles. The highest BCUT2D eigenvalue weighted by Gasteiger charge is 2.33. The SMILES string of the molecule is CC(C)CCOC(=O)Oc1ccc(C(C(C)COC(=O)c2ccccc2)[C@H](N)C(=O)O)cc1OC(=O)OCCC(C)C. The number of nitrogens with two attached hydrogens (primary N) is 1. The molecule has 11 heteroatoms. The third kappa shape index (κ3) is 11.4. The Morgan fingerprint density at radius 1 is 0.762 bits per heavy atom. The van der Waals surface area contributed by atoms with Gasteiger partial charge in [0, 0.05) is 5.92 Å². The molecule has 0 saturated carbocycles. The van der Waals surface area contributed by atoms with E-state index >= 15 is 0 Å². The van der Waals surface area contributed by atoms with Crippen LogP contribution in [0.5, 0.6) is 11.5 Å². The molecule has 11 nitrogen and oxygen atoms in total. The first-order valence-electron chi connectivity index (χ1n) is 13.9. The van der Waals surface area contributed by atoms with Gasteiger partial charge in [-0.25, -0.2) is 14.4 Å². The normalized spacial score (nSPS) is 13.1. The van der Waals surface area contributed by atoms with Gasteiger partial charge >= 0.3 is 24.2 Å². The summed E-state index contributed by atoms with van der Waals surface area (Å²) in [6, 6.07) is 11.1. The van der Waals surface area contributed by atoms with Gasteiger partial charge in [0.1, 0.15) is 6.04 Å². The number of ether oxygens (including phenoxy) is 5. The van der Waals surface area contributed by atoms with Crippen molar-refractivity contribution in [2.45, 2.75) is 59.4 Å². The number of carboxylic acids is 1. The van der Waals surface area contributed by atoms with E-state index in [1.165, 1.54) is 18.2 Å². The molecule has 0 spiro atoms. The molecule has 0 heterocycles. The zero-order valence-corrected chi connectivity index (χ0v) is 24.7. The van der Waals surface area contributed by atoms with E-state index < -0.39 is 42.1 Å². The van der Waals surface area contributed by atoms with Crippen LogP contribution in [0.1, 0.15) is 69.3 Å². The lowest BCUT2D eigenvalue weighted by Gasteiger charge is -2.28. The maximum atomic E-state index is 12.5. The number of carbonyl (C=O) groups excluding carboxylic acids is 3. The lowest BCUT2D eigenvalue weighted by atomic mass is 9.82. The molecule has 2 aromatic carbocycles. The van der Waals surface area contributed by atoms with E-state index in [2.05, 4.69) is 0 Å². The van der Waals surface area contributed by atoms with Crippen LogP contribution in [0.3, 0.4) is 0 Å².